The maximum atomic E-state index is 12.0. The molecule has 0 amide bonds. The highest BCUT2D eigenvalue weighted by atomic mass is 16.7. The molecule has 4 atom stereocenters. The van der Waals surface area contributed by atoms with Gasteiger partial charge in [-0.05, 0) is 24.2 Å². The third-order valence-corrected chi connectivity index (χ3v) is 5.69. The summed E-state index contributed by atoms with van der Waals surface area (Å²) < 4.78 is 11.7. The molecule has 4 rings (SSSR count). The molecule has 0 aromatic rings. The number of hydrogen-bond donors (Lipinski definition) is 0. The van der Waals surface area contributed by atoms with Crippen LogP contribution in [0.15, 0.2) is 0 Å². The van der Waals surface area contributed by atoms with Crippen molar-refractivity contribution < 1.29 is 14.3 Å². The van der Waals surface area contributed by atoms with E-state index in [0.29, 0.717) is 30.8 Å². The SMILES string of the molecule is C[C@@]12CCC(=O)[C@@H]1[C@@H]1[C@H]2CCC12OCCO2. The third-order valence-electron chi connectivity index (χ3n) is 5.69. The quantitative estimate of drug-likeness (QED) is 0.626. The molecule has 0 N–H and O–H groups in total. The van der Waals surface area contributed by atoms with E-state index in [4.69, 9.17) is 9.47 Å². The summed E-state index contributed by atoms with van der Waals surface area (Å²) in [6.45, 7) is 3.72. The van der Waals surface area contributed by atoms with Gasteiger partial charge in [0, 0.05) is 24.7 Å². The average molecular weight is 222 g/mol. The van der Waals surface area contributed by atoms with Gasteiger partial charge in [0.25, 0.3) is 0 Å². The van der Waals surface area contributed by atoms with Crippen molar-refractivity contribution in [2.24, 2.45) is 23.2 Å². The fraction of sp³-hybridized carbons (Fsp3) is 0.923. The number of ether oxygens (including phenoxy) is 2. The Hall–Kier alpha value is -0.410. The van der Waals surface area contributed by atoms with E-state index in [0.717, 1.165) is 19.3 Å². The number of Topliss-reactive ketones (excluding diaryl/α,β-unsaturated/α-hetero) is 1. The van der Waals surface area contributed by atoms with Crippen molar-refractivity contribution in [3.05, 3.63) is 0 Å². The Bertz CT molecular complexity index is 358. The molecule has 1 heterocycles. The van der Waals surface area contributed by atoms with Gasteiger partial charge in [-0.1, -0.05) is 6.92 Å². The van der Waals surface area contributed by atoms with E-state index < -0.39 is 0 Å². The number of rotatable bonds is 0. The highest BCUT2D eigenvalue weighted by Crippen LogP contribution is 2.72. The van der Waals surface area contributed by atoms with Gasteiger partial charge in [-0.25, -0.2) is 0 Å². The maximum absolute atomic E-state index is 12.0. The zero-order valence-corrected chi connectivity index (χ0v) is 9.70. The Balaban J connectivity index is 1.73. The molecule has 1 aliphatic heterocycles. The molecule has 16 heavy (non-hydrogen) atoms. The minimum Gasteiger partial charge on any atom is -0.347 e. The van der Waals surface area contributed by atoms with Crippen LogP contribution in [0.2, 0.25) is 0 Å². The molecule has 0 radical (unpaired) electrons. The van der Waals surface area contributed by atoms with Gasteiger partial charge >= 0.3 is 0 Å². The first kappa shape index (κ1) is 9.60. The standard InChI is InChI=1S/C13H18O3/c1-12-4-3-9(14)11(12)10-8(12)2-5-13(10)15-6-7-16-13/h8,10-11H,2-7H2,1H3/t8-,10+,11-,12+/m1/s1. The van der Waals surface area contributed by atoms with Crippen LogP contribution in [0.5, 0.6) is 0 Å². The third kappa shape index (κ3) is 0.842. The highest BCUT2D eigenvalue weighted by molar-refractivity contribution is 5.86. The van der Waals surface area contributed by atoms with Gasteiger partial charge in [0.1, 0.15) is 5.78 Å². The van der Waals surface area contributed by atoms with Gasteiger partial charge in [-0.15, -0.1) is 0 Å². The molecule has 3 aliphatic carbocycles. The van der Waals surface area contributed by atoms with Crippen LogP contribution in [0, 0.1) is 23.2 Å². The van der Waals surface area contributed by atoms with Crippen molar-refractivity contribution in [1.29, 1.82) is 0 Å². The first-order valence-electron chi connectivity index (χ1n) is 6.48. The lowest BCUT2D eigenvalue weighted by Crippen LogP contribution is -2.59. The lowest BCUT2D eigenvalue weighted by atomic mass is 9.49. The molecule has 1 spiro atoms. The van der Waals surface area contributed by atoms with Crippen LogP contribution in [-0.4, -0.2) is 24.8 Å². The summed E-state index contributed by atoms with van der Waals surface area (Å²) in [6, 6.07) is 0. The topological polar surface area (TPSA) is 35.5 Å². The zero-order chi connectivity index (χ0) is 11.0. The van der Waals surface area contributed by atoms with Crippen molar-refractivity contribution in [3.63, 3.8) is 0 Å². The normalized spacial score (nSPS) is 52.8. The van der Waals surface area contributed by atoms with Gasteiger partial charge in [-0.2, -0.15) is 0 Å². The highest BCUT2D eigenvalue weighted by Gasteiger charge is 2.73. The van der Waals surface area contributed by atoms with Crippen LogP contribution >= 0.6 is 0 Å². The Kier molecular flexibility index (Phi) is 1.62. The van der Waals surface area contributed by atoms with Crippen LogP contribution in [0.25, 0.3) is 0 Å². The van der Waals surface area contributed by atoms with E-state index in [1.165, 1.54) is 6.42 Å². The molecule has 4 fully saturated rings. The van der Waals surface area contributed by atoms with Crippen molar-refractivity contribution in [1.82, 2.24) is 0 Å². The smallest absolute Gasteiger partial charge is 0.172 e. The summed E-state index contributed by atoms with van der Waals surface area (Å²) in [6.07, 6.45) is 4.06. The van der Waals surface area contributed by atoms with Crippen LogP contribution in [0.3, 0.4) is 0 Å². The molecule has 0 aromatic heterocycles. The van der Waals surface area contributed by atoms with Gasteiger partial charge in [0.2, 0.25) is 0 Å². The van der Waals surface area contributed by atoms with E-state index in [9.17, 15) is 4.79 Å². The Morgan fingerprint density at radius 1 is 1.25 bits per heavy atom. The lowest BCUT2D eigenvalue weighted by Gasteiger charge is -2.56. The molecular weight excluding hydrogens is 204 g/mol. The molecule has 0 unspecified atom stereocenters. The predicted octanol–water partition coefficient (Wildman–Crippen LogP) is 1.75. The number of hydrogen-bond acceptors (Lipinski definition) is 3. The van der Waals surface area contributed by atoms with Crippen molar-refractivity contribution in [2.75, 3.05) is 13.2 Å². The van der Waals surface area contributed by atoms with Gasteiger partial charge in [0.15, 0.2) is 5.79 Å². The zero-order valence-electron chi connectivity index (χ0n) is 9.70. The molecule has 0 bridgehead atoms. The van der Waals surface area contributed by atoms with E-state index >= 15 is 0 Å². The molecule has 3 nitrogen and oxygen atoms in total. The van der Waals surface area contributed by atoms with E-state index in [2.05, 4.69) is 6.92 Å². The number of carbonyl (C=O) groups is 1. The predicted molar refractivity (Wildman–Crippen MR) is 56.7 cm³/mol. The maximum Gasteiger partial charge on any atom is 0.172 e. The van der Waals surface area contributed by atoms with Crippen LogP contribution in [0.1, 0.15) is 32.6 Å². The second kappa shape index (κ2) is 2.70. The van der Waals surface area contributed by atoms with Crippen LogP contribution in [-0.2, 0) is 14.3 Å². The molecule has 3 heteroatoms. The summed E-state index contributed by atoms with van der Waals surface area (Å²) in [5, 5.41) is 0. The lowest BCUT2D eigenvalue weighted by molar-refractivity contribution is -0.243. The second-order valence-electron chi connectivity index (χ2n) is 6.13. The Morgan fingerprint density at radius 3 is 2.75 bits per heavy atom. The minimum atomic E-state index is -0.366. The molecular formula is C13H18O3. The molecule has 0 aromatic carbocycles. The first-order valence-corrected chi connectivity index (χ1v) is 6.48. The monoisotopic (exact) mass is 222 g/mol. The molecule has 88 valence electrons. The van der Waals surface area contributed by atoms with Gasteiger partial charge in [0.05, 0.1) is 13.2 Å². The summed E-state index contributed by atoms with van der Waals surface area (Å²) >= 11 is 0. The first-order chi connectivity index (χ1) is 7.67. The second-order valence-corrected chi connectivity index (χ2v) is 6.13. The number of fused-ring (bicyclic) bond motifs is 5. The Labute approximate surface area is 95.5 Å². The van der Waals surface area contributed by atoms with Crippen LogP contribution in [0.4, 0.5) is 0 Å². The molecule has 4 aliphatic rings. The van der Waals surface area contributed by atoms with Crippen molar-refractivity contribution in [2.45, 2.75) is 38.4 Å². The van der Waals surface area contributed by atoms with Crippen molar-refractivity contribution in [3.8, 4) is 0 Å². The minimum absolute atomic E-state index is 0.234. The summed E-state index contributed by atoms with van der Waals surface area (Å²) in [7, 11) is 0. The van der Waals surface area contributed by atoms with Gasteiger partial charge < -0.3 is 9.47 Å². The molecule has 3 saturated carbocycles. The molecule has 1 saturated heterocycles. The largest absolute Gasteiger partial charge is 0.347 e. The summed E-state index contributed by atoms with van der Waals surface area (Å²) in [4.78, 5) is 12.0. The summed E-state index contributed by atoms with van der Waals surface area (Å²) in [5.41, 5.74) is 0.278. The Morgan fingerprint density at radius 2 is 2.00 bits per heavy atom. The van der Waals surface area contributed by atoms with E-state index in [-0.39, 0.29) is 17.1 Å². The van der Waals surface area contributed by atoms with Gasteiger partial charge in [-0.3, -0.25) is 4.79 Å². The number of carbonyl (C=O) groups excluding carboxylic acids is 1. The van der Waals surface area contributed by atoms with Crippen LogP contribution < -0.4 is 0 Å². The average Bonchev–Trinajstić information content (AvgIpc) is 2.88. The van der Waals surface area contributed by atoms with E-state index in [1.54, 1.807) is 0 Å². The fourth-order valence-electron chi connectivity index (χ4n) is 5.02. The van der Waals surface area contributed by atoms with Crippen molar-refractivity contribution >= 4 is 5.78 Å². The number of ketones is 1. The fourth-order valence-corrected chi connectivity index (χ4v) is 5.02. The van der Waals surface area contributed by atoms with E-state index in [1.807, 2.05) is 0 Å². The summed E-state index contributed by atoms with van der Waals surface area (Å²) in [5.74, 6) is 1.37.